The quantitative estimate of drug-likeness (QED) is 0.193. The Kier molecular flexibility index (Phi) is 13.6. The highest BCUT2D eigenvalue weighted by Crippen LogP contribution is 2.17. The highest BCUT2D eigenvalue weighted by atomic mass is 16.5. The third kappa shape index (κ3) is 12.8. The van der Waals surface area contributed by atoms with E-state index in [4.69, 9.17) is 4.74 Å². The number of hydrogen-bond donors (Lipinski definition) is 1. The van der Waals surface area contributed by atoms with Crippen LogP contribution in [-0.4, -0.2) is 11.1 Å². The molecule has 0 fully saturated rings. The first-order valence-corrected chi connectivity index (χ1v) is 10.7. The first kappa shape index (κ1) is 22.5. The Bertz CT molecular complexity index is 453. The summed E-state index contributed by atoms with van der Waals surface area (Å²) in [5.41, 5.74) is 0. The van der Waals surface area contributed by atoms with Crippen LogP contribution in [0.25, 0.3) is 0 Å². The third-order valence-electron chi connectivity index (χ3n) is 4.80. The molecule has 0 radical (unpaired) electrons. The summed E-state index contributed by atoms with van der Waals surface area (Å²) in [6, 6.07) is 6.26. The smallest absolute Gasteiger partial charge is 0.311 e. The fourth-order valence-electron chi connectivity index (χ4n) is 3.16. The van der Waals surface area contributed by atoms with Crippen LogP contribution in [0.3, 0.4) is 0 Å². The number of benzene rings is 1. The van der Waals surface area contributed by atoms with Crippen molar-refractivity contribution < 1.29 is 14.6 Å². The average molecular weight is 363 g/mol. The zero-order chi connectivity index (χ0) is 18.9. The summed E-state index contributed by atoms with van der Waals surface area (Å²) in [5.74, 6) is 0.490. The number of aromatic hydroxyl groups is 1. The molecule has 1 rings (SSSR count). The average Bonchev–Trinajstić information content (AvgIpc) is 2.64. The predicted molar refractivity (Wildman–Crippen MR) is 109 cm³/mol. The lowest BCUT2D eigenvalue weighted by atomic mass is 10.0. The van der Waals surface area contributed by atoms with Gasteiger partial charge in [-0.2, -0.15) is 0 Å². The van der Waals surface area contributed by atoms with Crippen LogP contribution in [0.5, 0.6) is 11.5 Å². The van der Waals surface area contributed by atoms with Crippen LogP contribution in [-0.2, 0) is 4.79 Å². The van der Waals surface area contributed by atoms with Gasteiger partial charge >= 0.3 is 5.97 Å². The van der Waals surface area contributed by atoms with E-state index in [9.17, 15) is 9.90 Å². The summed E-state index contributed by atoms with van der Waals surface area (Å²) >= 11 is 0. The fraction of sp³-hybridized carbons (Fsp3) is 0.696. The van der Waals surface area contributed by atoms with Crippen molar-refractivity contribution in [2.45, 2.75) is 103 Å². The Morgan fingerprint density at radius 2 is 1.15 bits per heavy atom. The van der Waals surface area contributed by atoms with Crippen molar-refractivity contribution in [1.29, 1.82) is 0 Å². The monoisotopic (exact) mass is 362 g/mol. The van der Waals surface area contributed by atoms with Gasteiger partial charge in [0.1, 0.15) is 11.5 Å². The van der Waals surface area contributed by atoms with E-state index >= 15 is 0 Å². The zero-order valence-electron chi connectivity index (χ0n) is 16.7. The molecule has 0 aromatic heterocycles. The maximum absolute atomic E-state index is 11.7. The van der Waals surface area contributed by atoms with E-state index in [-0.39, 0.29) is 11.7 Å². The van der Waals surface area contributed by atoms with Gasteiger partial charge in [-0.3, -0.25) is 4.79 Å². The largest absolute Gasteiger partial charge is 0.508 e. The fourth-order valence-corrected chi connectivity index (χ4v) is 3.16. The molecule has 0 amide bonds. The standard InChI is InChI=1S/C23H38O3/c1-2-3-4-5-6-7-8-9-10-11-12-13-14-15-16-23(25)26-22-19-17-21(24)18-20-22/h17-20,24H,2-16H2,1H3. The molecule has 3 nitrogen and oxygen atoms in total. The molecular formula is C23H38O3. The highest BCUT2D eigenvalue weighted by Gasteiger charge is 2.04. The maximum atomic E-state index is 11.7. The molecule has 3 heteroatoms. The van der Waals surface area contributed by atoms with Gasteiger partial charge in [0.05, 0.1) is 0 Å². The van der Waals surface area contributed by atoms with E-state index in [1.54, 1.807) is 12.1 Å². The summed E-state index contributed by atoms with van der Waals surface area (Å²) in [4.78, 5) is 11.7. The van der Waals surface area contributed by atoms with Crippen LogP contribution in [0.4, 0.5) is 0 Å². The second kappa shape index (κ2) is 15.7. The van der Waals surface area contributed by atoms with Crippen LogP contribution in [0, 0.1) is 0 Å². The molecule has 1 aromatic carbocycles. The Morgan fingerprint density at radius 3 is 1.62 bits per heavy atom. The molecule has 1 aromatic rings. The van der Waals surface area contributed by atoms with Gasteiger partial charge in [-0.1, -0.05) is 90.4 Å². The molecule has 0 saturated heterocycles. The molecule has 0 aliphatic heterocycles. The van der Waals surface area contributed by atoms with Gasteiger partial charge in [-0.05, 0) is 30.7 Å². The maximum Gasteiger partial charge on any atom is 0.311 e. The Morgan fingerprint density at radius 1 is 0.731 bits per heavy atom. The van der Waals surface area contributed by atoms with Crippen molar-refractivity contribution in [3.05, 3.63) is 24.3 Å². The van der Waals surface area contributed by atoms with E-state index < -0.39 is 0 Å². The first-order chi connectivity index (χ1) is 12.7. The van der Waals surface area contributed by atoms with Gasteiger partial charge in [-0.25, -0.2) is 0 Å². The van der Waals surface area contributed by atoms with Crippen molar-refractivity contribution >= 4 is 5.97 Å². The molecule has 0 unspecified atom stereocenters. The molecule has 0 spiro atoms. The van der Waals surface area contributed by atoms with E-state index in [2.05, 4.69) is 6.92 Å². The Labute approximate surface area is 160 Å². The summed E-state index contributed by atoms with van der Waals surface area (Å²) in [6.07, 6.45) is 18.8. The minimum absolute atomic E-state index is 0.178. The highest BCUT2D eigenvalue weighted by molar-refractivity contribution is 5.72. The minimum Gasteiger partial charge on any atom is -0.508 e. The SMILES string of the molecule is CCCCCCCCCCCCCCCCC(=O)Oc1ccc(O)cc1. The van der Waals surface area contributed by atoms with Gasteiger partial charge < -0.3 is 9.84 Å². The van der Waals surface area contributed by atoms with Crippen molar-refractivity contribution in [1.82, 2.24) is 0 Å². The van der Waals surface area contributed by atoms with Crippen LogP contribution in [0.2, 0.25) is 0 Å². The lowest BCUT2D eigenvalue weighted by Crippen LogP contribution is -2.07. The predicted octanol–water partition coefficient (Wildman–Crippen LogP) is 7.17. The van der Waals surface area contributed by atoms with Crippen molar-refractivity contribution in [2.75, 3.05) is 0 Å². The topological polar surface area (TPSA) is 46.5 Å². The number of ether oxygens (including phenoxy) is 1. The summed E-state index contributed by atoms with van der Waals surface area (Å²) in [6.45, 7) is 2.27. The molecule has 0 aliphatic carbocycles. The van der Waals surface area contributed by atoms with Gasteiger partial charge in [0.25, 0.3) is 0 Å². The Hall–Kier alpha value is -1.51. The zero-order valence-corrected chi connectivity index (χ0v) is 16.7. The van der Waals surface area contributed by atoms with E-state index in [0.29, 0.717) is 12.2 Å². The molecule has 0 aliphatic rings. The number of carbonyl (C=O) groups is 1. The second-order valence-electron chi connectivity index (χ2n) is 7.31. The number of unbranched alkanes of at least 4 members (excludes halogenated alkanes) is 13. The van der Waals surface area contributed by atoms with E-state index in [0.717, 1.165) is 12.8 Å². The van der Waals surface area contributed by atoms with Gasteiger partial charge in [-0.15, -0.1) is 0 Å². The number of rotatable bonds is 16. The third-order valence-corrected chi connectivity index (χ3v) is 4.80. The summed E-state index contributed by atoms with van der Waals surface area (Å²) in [7, 11) is 0. The van der Waals surface area contributed by atoms with Crippen LogP contribution < -0.4 is 4.74 Å². The summed E-state index contributed by atoms with van der Waals surface area (Å²) in [5, 5.41) is 9.19. The molecule has 0 heterocycles. The van der Waals surface area contributed by atoms with Gasteiger partial charge in [0.2, 0.25) is 0 Å². The lowest BCUT2D eigenvalue weighted by Gasteiger charge is -2.05. The molecular weight excluding hydrogens is 324 g/mol. The van der Waals surface area contributed by atoms with Crippen molar-refractivity contribution in [3.8, 4) is 11.5 Å². The van der Waals surface area contributed by atoms with Crippen molar-refractivity contribution in [3.63, 3.8) is 0 Å². The normalized spacial score (nSPS) is 10.8. The number of phenols is 1. The first-order valence-electron chi connectivity index (χ1n) is 10.7. The second-order valence-corrected chi connectivity index (χ2v) is 7.31. The Balaban J connectivity index is 1.83. The molecule has 148 valence electrons. The molecule has 0 bridgehead atoms. The number of carbonyl (C=O) groups excluding carboxylic acids is 1. The molecule has 26 heavy (non-hydrogen) atoms. The minimum atomic E-state index is -0.186. The van der Waals surface area contributed by atoms with Crippen LogP contribution in [0.1, 0.15) is 103 Å². The molecule has 0 saturated carbocycles. The van der Waals surface area contributed by atoms with Crippen LogP contribution in [0.15, 0.2) is 24.3 Å². The number of esters is 1. The van der Waals surface area contributed by atoms with Gasteiger partial charge in [0, 0.05) is 6.42 Å². The van der Waals surface area contributed by atoms with E-state index in [1.165, 1.54) is 89.2 Å². The number of hydrogen-bond acceptors (Lipinski definition) is 3. The summed E-state index contributed by atoms with van der Waals surface area (Å²) < 4.78 is 5.23. The van der Waals surface area contributed by atoms with Gasteiger partial charge in [0.15, 0.2) is 0 Å². The van der Waals surface area contributed by atoms with Crippen molar-refractivity contribution in [2.24, 2.45) is 0 Å². The van der Waals surface area contributed by atoms with Crippen LogP contribution >= 0.6 is 0 Å². The molecule has 0 atom stereocenters. The molecule has 1 N–H and O–H groups in total. The van der Waals surface area contributed by atoms with E-state index in [1.807, 2.05) is 0 Å². The lowest BCUT2D eigenvalue weighted by molar-refractivity contribution is -0.134. The number of phenolic OH excluding ortho intramolecular Hbond substituents is 1.